The van der Waals surface area contributed by atoms with Gasteiger partial charge in [-0.05, 0) is 30.2 Å². The highest BCUT2D eigenvalue weighted by atomic mass is 16.2. The number of H-pyrrole nitrogens is 1. The van der Waals surface area contributed by atoms with Crippen LogP contribution in [0.15, 0.2) is 77.9 Å². The maximum absolute atomic E-state index is 12.9. The summed E-state index contributed by atoms with van der Waals surface area (Å²) in [5.74, 6) is -0.781. The van der Waals surface area contributed by atoms with E-state index in [9.17, 15) is 9.59 Å². The Balaban J connectivity index is 1.58. The number of aromatic nitrogens is 1. The molecule has 2 heterocycles. The quantitative estimate of drug-likeness (QED) is 0.459. The number of hydrogen-bond donors (Lipinski definition) is 3. The van der Waals surface area contributed by atoms with Crippen LogP contribution in [0.5, 0.6) is 0 Å². The van der Waals surface area contributed by atoms with Gasteiger partial charge in [0.05, 0.1) is 23.4 Å². The van der Waals surface area contributed by atoms with Gasteiger partial charge in [-0.2, -0.15) is 5.10 Å². The standard InChI is InChI=1S/C25H20N4O2/c1-15(16-8-4-2-5-9-16)24(30)27-18-12-19-22-20(14-26-29-25(19)31)23(28-21(22)13-18)17-10-6-3-7-11-17/h2-15,28H,1H3,(H,27,30)(H,29,31)/t15-/m1/s1. The normalized spacial score (nSPS) is 13.5. The number of nitrogens with one attached hydrogen (secondary N) is 3. The van der Waals surface area contributed by atoms with E-state index >= 15 is 0 Å². The van der Waals surface area contributed by atoms with Crippen LogP contribution in [0.3, 0.4) is 0 Å². The average molecular weight is 408 g/mol. The predicted molar refractivity (Wildman–Crippen MR) is 122 cm³/mol. The van der Waals surface area contributed by atoms with E-state index in [4.69, 9.17) is 0 Å². The molecule has 1 atom stereocenters. The number of anilines is 1. The zero-order valence-electron chi connectivity index (χ0n) is 16.8. The lowest BCUT2D eigenvalue weighted by Crippen LogP contribution is -2.20. The number of rotatable bonds is 4. The number of carbonyl (C=O) groups excluding carboxylic acids is 2. The summed E-state index contributed by atoms with van der Waals surface area (Å²) < 4.78 is 0. The van der Waals surface area contributed by atoms with Crippen molar-refractivity contribution in [1.29, 1.82) is 0 Å². The Bertz CT molecular complexity index is 1320. The second-order valence-corrected chi connectivity index (χ2v) is 7.55. The second-order valence-electron chi connectivity index (χ2n) is 7.55. The minimum Gasteiger partial charge on any atom is -0.354 e. The second kappa shape index (κ2) is 7.57. The van der Waals surface area contributed by atoms with Gasteiger partial charge in [-0.3, -0.25) is 9.59 Å². The molecule has 4 aromatic rings. The third-order valence-electron chi connectivity index (χ3n) is 5.56. The van der Waals surface area contributed by atoms with Crippen molar-refractivity contribution in [2.24, 2.45) is 5.10 Å². The van der Waals surface area contributed by atoms with E-state index in [1.165, 1.54) is 0 Å². The molecule has 1 aliphatic heterocycles. The Labute approximate surface area is 179 Å². The summed E-state index contributed by atoms with van der Waals surface area (Å²) in [7, 11) is 0. The molecule has 6 heteroatoms. The molecule has 0 fully saturated rings. The van der Waals surface area contributed by atoms with Crippen LogP contribution in [0.25, 0.3) is 22.2 Å². The molecule has 0 radical (unpaired) electrons. The van der Waals surface area contributed by atoms with Crippen molar-refractivity contribution in [3.05, 3.63) is 89.5 Å². The molecule has 3 aromatic carbocycles. The van der Waals surface area contributed by atoms with Crippen LogP contribution >= 0.6 is 0 Å². The molecule has 0 bridgehead atoms. The fraction of sp³-hybridized carbons (Fsp3) is 0.0800. The molecule has 0 unspecified atom stereocenters. The Kier molecular flexibility index (Phi) is 4.59. The van der Waals surface area contributed by atoms with Crippen molar-refractivity contribution in [2.75, 3.05) is 5.32 Å². The van der Waals surface area contributed by atoms with E-state index in [1.807, 2.05) is 73.7 Å². The smallest absolute Gasteiger partial charge is 0.272 e. The van der Waals surface area contributed by atoms with E-state index in [2.05, 4.69) is 20.8 Å². The molecule has 0 saturated heterocycles. The fourth-order valence-electron chi connectivity index (χ4n) is 3.93. The number of benzene rings is 3. The van der Waals surface area contributed by atoms with Gasteiger partial charge in [0, 0.05) is 22.2 Å². The highest BCUT2D eigenvalue weighted by Gasteiger charge is 2.23. The maximum atomic E-state index is 12.9. The van der Waals surface area contributed by atoms with Crippen LogP contribution < -0.4 is 10.7 Å². The molecule has 5 rings (SSSR count). The number of hydrogen-bond acceptors (Lipinski definition) is 3. The Morgan fingerprint density at radius 1 is 1.00 bits per heavy atom. The summed E-state index contributed by atoms with van der Waals surface area (Å²) >= 11 is 0. The Morgan fingerprint density at radius 3 is 2.45 bits per heavy atom. The van der Waals surface area contributed by atoms with Crippen molar-refractivity contribution >= 4 is 34.6 Å². The highest BCUT2D eigenvalue weighted by Crippen LogP contribution is 2.34. The average Bonchev–Trinajstić information content (AvgIpc) is 3.08. The van der Waals surface area contributed by atoms with Crippen LogP contribution in [-0.4, -0.2) is 23.0 Å². The third kappa shape index (κ3) is 3.38. The minimum atomic E-state index is -0.327. The monoisotopic (exact) mass is 408 g/mol. The Hall–Kier alpha value is -4.19. The van der Waals surface area contributed by atoms with Gasteiger partial charge in [-0.25, -0.2) is 5.43 Å². The van der Waals surface area contributed by atoms with Crippen molar-refractivity contribution in [1.82, 2.24) is 10.4 Å². The van der Waals surface area contributed by atoms with Gasteiger partial charge in [0.2, 0.25) is 5.91 Å². The Morgan fingerprint density at radius 2 is 1.71 bits per heavy atom. The summed E-state index contributed by atoms with van der Waals surface area (Å²) in [6, 6.07) is 23.0. The van der Waals surface area contributed by atoms with Crippen molar-refractivity contribution in [3.63, 3.8) is 0 Å². The van der Waals surface area contributed by atoms with Gasteiger partial charge in [0.1, 0.15) is 0 Å². The number of amides is 2. The van der Waals surface area contributed by atoms with Crippen molar-refractivity contribution in [3.8, 4) is 11.3 Å². The number of aromatic amines is 1. The summed E-state index contributed by atoms with van der Waals surface area (Å²) in [6.45, 7) is 1.86. The van der Waals surface area contributed by atoms with Crippen LogP contribution in [0.1, 0.15) is 34.3 Å². The molecule has 1 aliphatic rings. The predicted octanol–water partition coefficient (Wildman–Crippen LogP) is 4.65. The minimum absolute atomic E-state index is 0.141. The van der Waals surface area contributed by atoms with Gasteiger partial charge >= 0.3 is 0 Å². The largest absolute Gasteiger partial charge is 0.354 e. The molecule has 0 saturated carbocycles. The highest BCUT2D eigenvalue weighted by molar-refractivity contribution is 6.18. The van der Waals surface area contributed by atoms with Gasteiger partial charge < -0.3 is 10.3 Å². The molecule has 1 aromatic heterocycles. The summed E-state index contributed by atoms with van der Waals surface area (Å²) in [6.07, 6.45) is 1.66. The summed E-state index contributed by atoms with van der Waals surface area (Å²) in [5.41, 5.74) is 7.96. The lowest BCUT2D eigenvalue weighted by Gasteiger charge is -2.13. The third-order valence-corrected chi connectivity index (χ3v) is 5.56. The maximum Gasteiger partial charge on any atom is 0.272 e. The van der Waals surface area contributed by atoms with Crippen LogP contribution in [0.4, 0.5) is 5.69 Å². The van der Waals surface area contributed by atoms with Crippen molar-refractivity contribution in [2.45, 2.75) is 12.8 Å². The number of carbonyl (C=O) groups is 2. The van der Waals surface area contributed by atoms with E-state index in [0.717, 1.165) is 33.3 Å². The molecule has 0 aliphatic carbocycles. The van der Waals surface area contributed by atoms with Crippen molar-refractivity contribution < 1.29 is 9.59 Å². The molecular weight excluding hydrogens is 388 g/mol. The zero-order chi connectivity index (χ0) is 21.4. The lowest BCUT2D eigenvalue weighted by atomic mass is 9.99. The number of hydrazone groups is 1. The van der Waals surface area contributed by atoms with Gasteiger partial charge in [-0.1, -0.05) is 60.7 Å². The molecule has 2 amide bonds. The van der Waals surface area contributed by atoms with Crippen LogP contribution in [0.2, 0.25) is 0 Å². The molecule has 3 N–H and O–H groups in total. The molecule has 6 nitrogen and oxygen atoms in total. The first-order valence-electron chi connectivity index (χ1n) is 10.1. The van der Waals surface area contributed by atoms with E-state index < -0.39 is 0 Å². The van der Waals surface area contributed by atoms with Crippen LogP contribution in [0, 0.1) is 0 Å². The van der Waals surface area contributed by atoms with Crippen LogP contribution in [-0.2, 0) is 4.79 Å². The first kappa shape index (κ1) is 18.8. The molecule has 152 valence electrons. The fourth-order valence-corrected chi connectivity index (χ4v) is 3.93. The van der Waals surface area contributed by atoms with Gasteiger partial charge in [-0.15, -0.1) is 0 Å². The lowest BCUT2D eigenvalue weighted by molar-refractivity contribution is -0.117. The van der Waals surface area contributed by atoms with Gasteiger partial charge in [0.15, 0.2) is 0 Å². The SMILES string of the molecule is C[C@@H](C(=O)Nc1cc2c3c(c(-c4ccccc4)[nH]c3c1)C=NNC2=O)c1ccccc1. The molecular formula is C25H20N4O2. The van der Waals surface area contributed by atoms with E-state index in [0.29, 0.717) is 11.3 Å². The summed E-state index contributed by atoms with van der Waals surface area (Å²) in [4.78, 5) is 29.0. The number of nitrogens with zero attached hydrogens (tertiary/aromatic N) is 1. The zero-order valence-corrected chi connectivity index (χ0v) is 16.8. The molecule has 31 heavy (non-hydrogen) atoms. The summed E-state index contributed by atoms with van der Waals surface area (Å²) in [5, 5.41) is 7.82. The van der Waals surface area contributed by atoms with E-state index in [1.54, 1.807) is 12.3 Å². The first-order chi connectivity index (χ1) is 15.1. The van der Waals surface area contributed by atoms with Gasteiger partial charge in [0.25, 0.3) is 5.91 Å². The topological polar surface area (TPSA) is 86.3 Å². The molecule has 0 spiro atoms. The van der Waals surface area contributed by atoms with E-state index in [-0.39, 0.29) is 17.7 Å². The first-order valence-corrected chi connectivity index (χ1v) is 10.1.